The van der Waals surface area contributed by atoms with Crippen LogP contribution in [-0.2, 0) is 0 Å². The number of carbonyl (C=O) groups is 1. The second-order valence-electron chi connectivity index (χ2n) is 7.14. The standard InChI is InChI=1S/C21H21N7OS/c1-24-11-15(10-23)26-21-25-5-4-18(27-21)14-7-16-2-3-17(8-14)28(16)20(29)19-6-13(9-22)12-30-19/h4-7,10-12,16-17,23-24H,2-3,8H2,1H3,(H,25,26,27)/b15-11+,23-10?. The van der Waals surface area contributed by atoms with Crippen molar-refractivity contribution < 1.29 is 4.79 Å². The van der Waals surface area contributed by atoms with Crippen LogP contribution in [0.5, 0.6) is 0 Å². The third-order valence-electron chi connectivity index (χ3n) is 5.27. The van der Waals surface area contributed by atoms with E-state index in [2.05, 4.69) is 32.7 Å². The molecule has 3 N–H and O–H groups in total. The van der Waals surface area contributed by atoms with Gasteiger partial charge in [-0.25, -0.2) is 9.97 Å². The van der Waals surface area contributed by atoms with Crippen LogP contribution < -0.4 is 10.6 Å². The number of allylic oxidation sites excluding steroid dienone is 1. The van der Waals surface area contributed by atoms with Gasteiger partial charge in [0.1, 0.15) is 6.07 Å². The van der Waals surface area contributed by atoms with E-state index in [0.29, 0.717) is 22.1 Å². The van der Waals surface area contributed by atoms with Gasteiger partial charge < -0.3 is 20.9 Å². The summed E-state index contributed by atoms with van der Waals surface area (Å²) in [6, 6.07) is 5.80. The molecule has 2 aliphatic rings. The van der Waals surface area contributed by atoms with Crippen molar-refractivity contribution in [1.29, 1.82) is 10.7 Å². The highest BCUT2D eigenvalue weighted by Crippen LogP contribution is 2.39. The number of anilines is 1. The van der Waals surface area contributed by atoms with Crippen LogP contribution in [0.2, 0.25) is 0 Å². The normalized spacial score (nSPS) is 20.3. The Morgan fingerprint density at radius 1 is 1.47 bits per heavy atom. The molecule has 2 aromatic rings. The zero-order valence-corrected chi connectivity index (χ0v) is 17.2. The van der Waals surface area contributed by atoms with Crippen LogP contribution in [0.4, 0.5) is 5.95 Å². The lowest BCUT2D eigenvalue weighted by Gasteiger charge is -2.33. The number of carbonyl (C=O) groups excluding carboxylic acids is 1. The molecule has 0 radical (unpaired) electrons. The lowest BCUT2D eigenvalue weighted by atomic mass is 9.98. The number of thiophene rings is 1. The smallest absolute Gasteiger partial charge is 0.264 e. The molecule has 2 bridgehead atoms. The number of nitriles is 1. The number of hydrogen-bond acceptors (Lipinski definition) is 8. The van der Waals surface area contributed by atoms with Gasteiger partial charge in [0.15, 0.2) is 0 Å². The van der Waals surface area contributed by atoms with Crippen LogP contribution in [0, 0.1) is 16.7 Å². The topological polar surface area (TPSA) is 118 Å². The minimum absolute atomic E-state index is 0.00201. The number of rotatable bonds is 6. The van der Waals surface area contributed by atoms with Crippen molar-refractivity contribution >= 4 is 35.0 Å². The van der Waals surface area contributed by atoms with Crippen LogP contribution in [0.15, 0.2) is 41.7 Å². The molecule has 1 amide bonds. The second kappa shape index (κ2) is 8.47. The molecule has 2 aromatic heterocycles. The molecule has 0 aliphatic carbocycles. The molecule has 4 heterocycles. The monoisotopic (exact) mass is 419 g/mol. The van der Waals surface area contributed by atoms with E-state index < -0.39 is 0 Å². The minimum Gasteiger partial charge on any atom is -0.392 e. The summed E-state index contributed by atoms with van der Waals surface area (Å²) in [4.78, 5) is 24.5. The predicted molar refractivity (Wildman–Crippen MR) is 116 cm³/mol. The van der Waals surface area contributed by atoms with E-state index in [4.69, 9.17) is 10.7 Å². The summed E-state index contributed by atoms with van der Waals surface area (Å²) in [5.74, 6) is 0.425. The van der Waals surface area contributed by atoms with Crippen molar-refractivity contribution in [2.75, 3.05) is 12.4 Å². The molecule has 1 fully saturated rings. The Morgan fingerprint density at radius 2 is 2.33 bits per heavy atom. The third-order valence-corrected chi connectivity index (χ3v) is 6.18. The van der Waals surface area contributed by atoms with Gasteiger partial charge in [-0.05, 0) is 37.0 Å². The third kappa shape index (κ3) is 3.82. The van der Waals surface area contributed by atoms with Gasteiger partial charge in [0.2, 0.25) is 5.95 Å². The first-order valence-corrected chi connectivity index (χ1v) is 10.5. The maximum atomic E-state index is 13.0. The molecule has 0 aromatic carbocycles. The zero-order chi connectivity index (χ0) is 21.1. The van der Waals surface area contributed by atoms with Gasteiger partial charge in [0.05, 0.1) is 27.9 Å². The summed E-state index contributed by atoms with van der Waals surface area (Å²) in [5, 5.41) is 24.1. The first kappa shape index (κ1) is 19.8. The lowest BCUT2D eigenvalue weighted by Crippen LogP contribution is -2.42. The molecular weight excluding hydrogens is 398 g/mol. The fourth-order valence-electron chi connectivity index (χ4n) is 3.97. The van der Waals surface area contributed by atoms with Gasteiger partial charge in [-0.1, -0.05) is 6.08 Å². The Morgan fingerprint density at radius 3 is 3.03 bits per heavy atom. The molecule has 0 saturated carbocycles. The molecule has 2 unspecified atom stereocenters. The summed E-state index contributed by atoms with van der Waals surface area (Å²) < 4.78 is 0. The summed E-state index contributed by atoms with van der Waals surface area (Å²) in [6.07, 6.45) is 9.29. The van der Waals surface area contributed by atoms with Gasteiger partial charge in [-0.2, -0.15) is 5.26 Å². The SMILES string of the molecule is CN/C=C(\C=N)Nc1nccc(C2=CC3CCC(C2)N3C(=O)c2cc(C#N)cs2)n1. The van der Waals surface area contributed by atoms with E-state index in [9.17, 15) is 4.79 Å². The summed E-state index contributed by atoms with van der Waals surface area (Å²) in [6.45, 7) is 0. The Hall–Kier alpha value is -3.51. The highest BCUT2D eigenvalue weighted by Gasteiger charge is 2.40. The van der Waals surface area contributed by atoms with Crippen LogP contribution in [0.3, 0.4) is 0 Å². The average molecular weight is 420 g/mol. The molecule has 30 heavy (non-hydrogen) atoms. The molecule has 4 rings (SSSR count). The first-order chi connectivity index (χ1) is 14.6. The number of hydrogen-bond donors (Lipinski definition) is 3. The van der Waals surface area contributed by atoms with Crippen molar-refractivity contribution in [3.8, 4) is 6.07 Å². The van der Waals surface area contributed by atoms with Gasteiger partial charge in [0, 0.05) is 37.1 Å². The molecule has 2 atom stereocenters. The van der Waals surface area contributed by atoms with Gasteiger partial charge in [-0.3, -0.25) is 4.79 Å². The molecular formula is C21H21N7OS. The maximum absolute atomic E-state index is 13.0. The highest BCUT2D eigenvalue weighted by molar-refractivity contribution is 7.12. The molecule has 8 nitrogen and oxygen atoms in total. The average Bonchev–Trinajstić information content (AvgIpc) is 3.35. The van der Waals surface area contributed by atoms with E-state index in [1.54, 1.807) is 30.9 Å². The molecule has 9 heteroatoms. The Balaban J connectivity index is 1.55. The van der Waals surface area contributed by atoms with E-state index >= 15 is 0 Å². The number of aromatic nitrogens is 2. The molecule has 0 spiro atoms. The van der Waals surface area contributed by atoms with E-state index in [1.807, 2.05) is 11.0 Å². The van der Waals surface area contributed by atoms with Crippen molar-refractivity contribution in [2.45, 2.75) is 31.3 Å². The summed E-state index contributed by atoms with van der Waals surface area (Å²) >= 11 is 1.33. The van der Waals surface area contributed by atoms with Crippen molar-refractivity contribution in [3.63, 3.8) is 0 Å². The highest BCUT2D eigenvalue weighted by atomic mass is 32.1. The maximum Gasteiger partial charge on any atom is 0.264 e. The van der Waals surface area contributed by atoms with Crippen molar-refractivity contribution in [1.82, 2.24) is 20.2 Å². The fourth-order valence-corrected chi connectivity index (χ4v) is 4.74. The Kier molecular flexibility index (Phi) is 5.59. The number of nitrogens with zero attached hydrogens (tertiary/aromatic N) is 4. The van der Waals surface area contributed by atoms with Crippen LogP contribution in [0.25, 0.3) is 5.57 Å². The van der Waals surface area contributed by atoms with Crippen LogP contribution >= 0.6 is 11.3 Å². The quantitative estimate of drug-likeness (QED) is 0.620. The van der Waals surface area contributed by atoms with Gasteiger partial charge >= 0.3 is 0 Å². The van der Waals surface area contributed by atoms with Crippen molar-refractivity contribution in [3.05, 3.63) is 57.8 Å². The molecule has 2 aliphatic heterocycles. The van der Waals surface area contributed by atoms with Crippen molar-refractivity contribution in [2.24, 2.45) is 0 Å². The van der Waals surface area contributed by atoms with Crippen LogP contribution in [0.1, 0.15) is 40.2 Å². The van der Waals surface area contributed by atoms with Gasteiger partial charge in [0.25, 0.3) is 5.91 Å². The predicted octanol–water partition coefficient (Wildman–Crippen LogP) is 2.99. The van der Waals surface area contributed by atoms with Crippen LogP contribution in [-0.4, -0.2) is 46.1 Å². The molecule has 1 saturated heterocycles. The summed E-state index contributed by atoms with van der Waals surface area (Å²) in [5.41, 5.74) is 3.02. The Bertz CT molecular complexity index is 1080. The van der Waals surface area contributed by atoms with E-state index in [-0.39, 0.29) is 18.0 Å². The second-order valence-corrected chi connectivity index (χ2v) is 8.05. The minimum atomic E-state index is 0.00201. The largest absolute Gasteiger partial charge is 0.392 e. The Labute approximate surface area is 178 Å². The van der Waals surface area contributed by atoms with E-state index in [0.717, 1.165) is 30.5 Å². The first-order valence-electron chi connectivity index (χ1n) is 9.63. The lowest BCUT2D eigenvalue weighted by molar-refractivity contribution is 0.0697. The number of amides is 1. The number of nitrogens with one attached hydrogen (secondary N) is 3. The van der Waals surface area contributed by atoms with E-state index in [1.165, 1.54) is 17.6 Å². The summed E-state index contributed by atoms with van der Waals surface area (Å²) in [7, 11) is 1.76. The fraction of sp³-hybridized carbons (Fsp3) is 0.286. The zero-order valence-electron chi connectivity index (χ0n) is 16.4. The number of fused-ring (bicyclic) bond motifs is 2. The molecule has 152 valence electrons. The van der Waals surface area contributed by atoms with Gasteiger partial charge in [-0.15, -0.1) is 11.3 Å².